The lowest BCUT2D eigenvalue weighted by molar-refractivity contribution is -0.138. The summed E-state index contributed by atoms with van der Waals surface area (Å²) in [5.74, 6) is 0.0173. The maximum atomic E-state index is 12.6. The van der Waals surface area contributed by atoms with Gasteiger partial charge in [-0.25, -0.2) is 0 Å². The molecule has 0 spiro atoms. The van der Waals surface area contributed by atoms with Gasteiger partial charge in [-0.3, -0.25) is 9.59 Å². The highest BCUT2D eigenvalue weighted by atomic mass is 35.5. The normalized spacial score (nSPS) is 16.3. The SMILES string of the molecule is O=C(NCc1ccccc1)[C@@H]1CCCN1C(=O)CCCc1ccc(Cl)cc1. The first-order chi connectivity index (χ1) is 13.1. The van der Waals surface area contributed by atoms with Gasteiger partial charge < -0.3 is 10.2 Å². The molecule has 0 unspecified atom stereocenters. The van der Waals surface area contributed by atoms with Gasteiger partial charge in [-0.2, -0.15) is 0 Å². The first-order valence-electron chi connectivity index (χ1n) is 9.49. The number of benzene rings is 2. The summed E-state index contributed by atoms with van der Waals surface area (Å²) in [4.78, 5) is 26.9. The Morgan fingerprint density at radius 3 is 2.52 bits per heavy atom. The van der Waals surface area contributed by atoms with E-state index in [-0.39, 0.29) is 17.9 Å². The number of nitrogens with one attached hydrogen (secondary N) is 1. The second kappa shape index (κ2) is 9.56. The summed E-state index contributed by atoms with van der Waals surface area (Å²) >= 11 is 5.89. The number of carbonyl (C=O) groups excluding carboxylic acids is 2. The van der Waals surface area contributed by atoms with Crippen molar-refractivity contribution in [3.8, 4) is 0 Å². The summed E-state index contributed by atoms with van der Waals surface area (Å²) in [7, 11) is 0. The maximum absolute atomic E-state index is 12.6. The first kappa shape index (κ1) is 19.4. The van der Waals surface area contributed by atoms with Gasteiger partial charge >= 0.3 is 0 Å². The highest BCUT2D eigenvalue weighted by Crippen LogP contribution is 2.20. The van der Waals surface area contributed by atoms with Crippen LogP contribution in [-0.4, -0.2) is 29.3 Å². The summed E-state index contributed by atoms with van der Waals surface area (Å²) < 4.78 is 0. The molecular formula is C22H25ClN2O2. The van der Waals surface area contributed by atoms with Crippen molar-refractivity contribution in [1.82, 2.24) is 10.2 Å². The van der Waals surface area contributed by atoms with Crippen LogP contribution in [0.15, 0.2) is 54.6 Å². The van der Waals surface area contributed by atoms with Crippen molar-refractivity contribution in [2.75, 3.05) is 6.54 Å². The summed E-state index contributed by atoms with van der Waals surface area (Å²) in [5.41, 5.74) is 2.23. The van der Waals surface area contributed by atoms with Crippen LogP contribution in [0.25, 0.3) is 0 Å². The molecule has 0 aromatic heterocycles. The van der Waals surface area contributed by atoms with Crippen molar-refractivity contribution in [1.29, 1.82) is 0 Å². The molecule has 1 saturated heterocycles. The van der Waals surface area contributed by atoms with Crippen molar-refractivity contribution in [3.63, 3.8) is 0 Å². The molecule has 2 aromatic carbocycles. The van der Waals surface area contributed by atoms with E-state index >= 15 is 0 Å². The minimum atomic E-state index is -0.336. The lowest BCUT2D eigenvalue weighted by Crippen LogP contribution is -2.45. The zero-order valence-corrected chi connectivity index (χ0v) is 16.1. The molecule has 1 atom stereocenters. The van der Waals surface area contributed by atoms with Crippen LogP contribution in [0.2, 0.25) is 5.02 Å². The minimum absolute atomic E-state index is 0.0533. The fourth-order valence-corrected chi connectivity index (χ4v) is 3.61. The summed E-state index contributed by atoms with van der Waals surface area (Å²) in [6.07, 6.45) is 3.69. The molecule has 1 aliphatic heterocycles. The van der Waals surface area contributed by atoms with E-state index in [2.05, 4.69) is 5.32 Å². The van der Waals surface area contributed by atoms with Gasteiger partial charge in [0.25, 0.3) is 0 Å². The topological polar surface area (TPSA) is 49.4 Å². The Morgan fingerprint density at radius 2 is 1.78 bits per heavy atom. The molecule has 0 saturated carbocycles. The number of hydrogen-bond acceptors (Lipinski definition) is 2. The highest BCUT2D eigenvalue weighted by Gasteiger charge is 2.33. The predicted octanol–water partition coefficient (Wildman–Crippen LogP) is 3.97. The molecule has 5 heteroatoms. The number of halogens is 1. The maximum Gasteiger partial charge on any atom is 0.243 e. The third-order valence-corrected chi connectivity index (χ3v) is 5.21. The quantitative estimate of drug-likeness (QED) is 0.785. The molecule has 1 fully saturated rings. The smallest absolute Gasteiger partial charge is 0.243 e. The van der Waals surface area contributed by atoms with E-state index in [1.165, 1.54) is 5.56 Å². The Morgan fingerprint density at radius 1 is 1.04 bits per heavy atom. The molecule has 0 radical (unpaired) electrons. The van der Waals surface area contributed by atoms with Gasteiger partial charge in [-0.05, 0) is 48.9 Å². The summed E-state index contributed by atoms with van der Waals surface area (Å²) in [6, 6.07) is 17.2. The van der Waals surface area contributed by atoms with Gasteiger partial charge in [-0.15, -0.1) is 0 Å². The van der Waals surface area contributed by atoms with E-state index in [9.17, 15) is 9.59 Å². The standard InChI is InChI=1S/C22H25ClN2O2/c23-19-13-11-17(12-14-19)8-4-10-21(26)25-15-5-9-20(25)22(27)24-16-18-6-2-1-3-7-18/h1-3,6-7,11-14,20H,4-5,8-10,15-16H2,(H,24,27)/t20-/m0/s1. The monoisotopic (exact) mass is 384 g/mol. The van der Waals surface area contributed by atoms with Crippen molar-refractivity contribution in [3.05, 3.63) is 70.7 Å². The van der Waals surface area contributed by atoms with Crippen LogP contribution in [0, 0.1) is 0 Å². The van der Waals surface area contributed by atoms with Gasteiger partial charge in [-0.1, -0.05) is 54.1 Å². The van der Waals surface area contributed by atoms with E-state index in [1.54, 1.807) is 4.90 Å². The summed E-state index contributed by atoms with van der Waals surface area (Å²) in [5, 5.41) is 3.69. The second-order valence-electron chi connectivity index (χ2n) is 6.93. The zero-order valence-electron chi connectivity index (χ0n) is 15.4. The highest BCUT2D eigenvalue weighted by molar-refractivity contribution is 6.30. The molecule has 1 N–H and O–H groups in total. The molecule has 1 heterocycles. The molecule has 27 heavy (non-hydrogen) atoms. The average Bonchev–Trinajstić information content (AvgIpc) is 3.18. The first-order valence-corrected chi connectivity index (χ1v) is 9.87. The number of nitrogens with zero attached hydrogens (tertiary/aromatic N) is 1. The summed E-state index contributed by atoms with van der Waals surface area (Å²) in [6.45, 7) is 1.16. The van der Waals surface area contributed by atoms with Gasteiger partial charge in [0.1, 0.15) is 6.04 Å². The molecule has 3 rings (SSSR count). The van der Waals surface area contributed by atoms with E-state index in [0.29, 0.717) is 19.5 Å². The molecule has 2 aromatic rings. The van der Waals surface area contributed by atoms with Crippen molar-refractivity contribution in [2.24, 2.45) is 0 Å². The van der Waals surface area contributed by atoms with Crippen LogP contribution in [0.1, 0.15) is 36.8 Å². The molecule has 0 aliphatic carbocycles. The van der Waals surface area contributed by atoms with Crippen LogP contribution in [0.3, 0.4) is 0 Å². The number of amides is 2. The number of rotatable bonds is 7. The van der Waals surface area contributed by atoms with E-state index < -0.39 is 0 Å². The Hall–Kier alpha value is -2.33. The van der Waals surface area contributed by atoms with Crippen LogP contribution in [0.4, 0.5) is 0 Å². The van der Waals surface area contributed by atoms with Gasteiger partial charge in [0.2, 0.25) is 11.8 Å². The van der Waals surface area contributed by atoms with Gasteiger partial charge in [0, 0.05) is 24.5 Å². The molecule has 4 nitrogen and oxygen atoms in total. The number of carbonyl (C=O) groups is 2. The third-order valence-electron chi connectivity index (χ3n) is 4.95. The number of aryl methyl sites for hydroxylation is 1. The third kappa shape index (κ3) is 5.57. The molecule has 2 amide bonds. The fourth-order valence-electron chi connectivity index (χ4n) is 3.48. The van der Waals surface area contributed by atoms with Crippen molar-refractivity contribution >= 4 is 23.4 Å². The molecule has 1 aliphatic rings. The largest absolute Gasteiger partial charge is 0.350 e. The lowest BCUT2D eigenvalue weighted by Gasteiger charge is -2.24. The lowest BCUT2D eigenvalue weighted by atomic mass is 10.1. The zero-order chi connectivity index (χ0) is 19.1. The van der Waals surface area contributed by atoms with E-state index in [1.807, 2.05) is 54.6 Å². The average molecular weight is 385 g/mol. The van der Waals surface area contributed by atoms with Crippen LogP contribution in [0.5, 0.6) is 0 Å². The second-order valence-corrected chi connectivity index (χ2v) is 7.37. The van der Waals surface area contributed by atoms with Gasteiger partial charge in [0.05, 0.1) is 0 Å². The Kier molecular flexibility index (Phi) is 6.88. The Labute approximate surface area is 165 Å². The Balaban J connectivity index is 1.46. The predicted molar refractivity (Wildman–Crippen MR) is 107 cm³/mol. The van der Waals surface area contributed by atoms with E-state index in [4.69, 9.17) is 11.6 Å². The van der Waals surface area contributed by atoms with Crippen LogP contribution < -0.4 is 5.32 Å². The fraction of sp³-hybridized carbons (Fsp3) is 0.364. The van der Waals surface area contributed by atoms with E-state index in [0.717, 1.165) is 36.3 Å². The van der Waals surface area contributed by atoms with Gasteiger partial charge in [0.15, 0.2) is 0 Å². The molecule has 142 valence electrons. The number of hydrogen-bond donors (Lipinski definition) is 1. The van der Waals surface area contributed by atoms with Crippen LogP contribution in [-0.2, 0) is 22.6 Å². The van der Waals surface area contributed by atoms with Crippen LogP contribution >= 0.6 is 11.6 Å². The molecular weight excluding hydrogens is 360 g/mol. The number of likely N-dealkylation sites (tertiary alicyclic amines) is 1. The molecule has 0 bridgehead atoms. The Bertz CT molecular complexity index is 762. The van der Waals surface area contributed by atoms with Crippen molar-refractivity contribution in [2.45, 2.75) is 44.7 Å². The minimum Gasteiger partial charge on any atom is -0.350 e. The van der Waals surface area contributed by atoms with Crippen molar-refractivity contribution < 1.29 is 9.59 Å².